The Balaban J connectivity index is 1.41. The van der Waals surface area contributed by atoms with Gasteiger partial charge in [-0.1, -0.05) is 11.6 Å². The Morgan fingerprint density at radius 2 is 1.88 bits per heavy atom. The highest BCUT2D eigenvalue weighted by molar-refractivity contribution is 6.30. The maximum atomic E-state index is 12.9. The number of H-pyrrole nitrogens is 1. The predicted molar refractivity (Wildman–Crippen MR) is 93.7 cm³/mol. The molecule has 2 N–H and O–H groups in total. The second-order valence-corrected chi connectivity index (χ2v) is 7.15. The number of aromatic amines is 1. The number of hydrogen-bond acceptors (Lipinski definition) is 5. The number of amides is 1. The van der Waals surface area contributed by atoms with Gasteiger partial charge < -0.3 is 10.2 Å². The van der Waals surface area contributed by atoms with E-state index < -0.39 is 0 Å². The smallest absolute Gasteiger partial charge is 0.257 e. The van der Waals surface area contributed by atoms with Crippen LogP contribution >= 0.6 is 11.6 Å². The number of hydrogen-bond donors (Lipinski definition) is 2. The van der Waals surface area contributed by atoms with Crippen molar-refractivity contribution in [2.45, 2.75) is 31.1 Å². The van der Waals surface area contributed by atoms with Crippen LogP contribution in [0.2, 0.25) is 5.02 Å². The molecule has 4 rings (SSSR count). The van der Waals surface area contributed by atoms with Crippen LogP contribution in [0.3, 0.4) is 0 Å². The molecule has 0 bridgehead atoms. The first-order valence-electron chi connectivity index (χ1n) is 8.73. The molecule has 7 nitrogen and oxygen atoms in total. The third-order valence-electron chi connectivity index (χ3n) is 5.16. The van der Waals surface area contributed by atoms with Crippen molar-refractivity contribution in [3.8, 4) is 0 Å². The number of nitrogens with zero attached hydrogens (tertiary/aromatic N) is 4. The molecule has 0 spiro atoms. The van der Waals surface area contributed by atoms with Crippen LogP contribution in [0.1, 0.15) is 53.0 Å². The molecule has 1 amide bonds. The topological polar surface area (TPSA) is 86.8 Å². The zero-order valence-corrected chi connectivity index (χ0v) is 14.7. The summed E-state index contributed by atoms with van der Waals surface area (Å²) in [5, 5.41) is 11.0. The summed E-state index contributed by atoms with van der Waals surface area (Å²) in [6, 6.07) is 0. The van der Waals surface area contributed by atoms with E-state index in [1.54, 1.807) is 18.6 Å². The van der Waals surface area contributed by atoms with Crippen molar-refractivity contribution >= 4 is 17.5 Å². The highest BCUT2D eigenvalue weighted by Crippen LogP contribution is 2.29. The number of carbonyl (C=O) groups excluding carboxylic acids is 1. The van der Waals surface area contributed by atoms with Crippen LogP contribution in [0, 0.1) is 0 Å². The lowest BCUT2D eigenvalue weighted by Gasteiger charge is -2.31. The van der Waals surface area contributed by atoms with Crippen molar-refractivity contribution in [2.24, 2.45) is 0 Å². The lowest BCUT2D eigenvalue weighted by atomic mass is 9.94. The standard InChI is InChI=1S/C17H21ClN6O/c18-13-8-20-16(21-9-13)11-2-5-24(6-3-11)17(25)14-10-22-23-15(14)12-1-4-19-7-12/h8-12,19H,1-7H2,(H,22,23). The lowest BCUT2D eigenvalue weighted by molar-refractivity contribution is 0.0709. The summed E-state index contributed by atoms with van der Waals surface area (Å²) in [7, 11) is 0. The van der Waals surface area contributed by atoms with Gasteiger partial charge in [-0.3, -0.25) is 9.89 Å². The van der Waals surface area contributed by atoms with Crippen molar-refractivity contribution in [2.75, 3.05) is 26.2 Å². The summed E-state index contributed by atoms with van der Waals surface area (Å²) in [6.07, 6.45) is 7.71. The minimum atomic E-state index is 0.0751. The van der Waals surface area contributed by atoms with Gasteiger partial charge in [0.1, 0.15) is 5.82 Å². The first-order valence-corrected chi connectivity index (χ1v) is 9.11. The zero-order valence-electron chi connectivity index (χ0n) is 13.9. The Morgan fingerprint density at radius 3 is 2.56 bits per heavy atom. The van der Waals surface area contributed by atoms with Gasteiger partial charge in [0.05, 0.1) is 22.5 Å². The molecule has 2 aliphatic rings. The number of halogens is 1. The third-order valence-corrected chi connectivity index (χ3v) is 5.35. The Hall–Kier alpha value is -1.99. The average Bonchev–Trinajstić information content (AvgIpc) is 3.33. The summed E-state index contributed by atoms with van der Waals surface area (Å²) < 4.78 is 0. The van der Waals surface area contributed by atoms with Gasteiger partial charge >= 0.3 is 0 Å². The van der Waals surface area contributed by atoms with Gasteiger partial charge in [0, 0.05) is 43.9 Å². The molecular weight excluding hydrogens is 340 g/mol. The number of rotatable bonds is 3. The van der Waals surface area contributed by atoms with E-state index in [-0.39, 0.29) is 11.8 Å². The Labute approximate surface area is 151 Å². The number of carbonyl (C=O) groups is 1. The highest BCUT2D eigenvalue weighted by Gasteiger charge is 2.30. The Bertz CT molecular complexity index is 732. The first-order chi connectivity index (χ1) is 12.2. The van der Waals surface area contributed by atoms with E-state index in [9.17, 15) is 4.79 Å². The fraction of sp³-hybridized carbons (Fsp3) is 0.529. The maximum absolute atomic E-state index is 12.9. The fourth-order valence-corrected chi connectivity index (χ4v) is 3.82. The molecule has 0 radical (unpaired) electrons. The summed E-state index contributed by atoms with van der Waals surface area (Å²) in [5.74, 6) is 1.52. The quantitative estimate of drug-likeness (QED) is 0.873. The van der Waals surface area contributed by atoms with E-state index in [1.165, 1.54) is 0 Å². The number of piperidine rings is 1. The third kappa shape index (κ3) is 3.39. The molecule has 132 valence electrons. The first kappa shape index (κ1) is 16.5. The van der Waals surface area contributed by atoms with Gasteiger partial charge in [-0.25, -0.2) is 9.97 Å². The highest BCUT2D eigenvalue weighted by atomic mass is 35.5. The molecule has 25 heavy (non-hydrogen) atoms. The van der Waals surface area contributed by atoms with E-state index in [0.717, 1.165) is 49.4 Å². The summed E-state index contributed by atoms with van der Waals surface area (Å²) in [5.41, 5.74) is 1.69. The second kappa shape index (κ2) is 7.09. The maximum Gasteiger partial charge on any atom is 0.257 e. The molecule has 0 aromatic carbocycles. The molecule has 2 aromatic heterocycles. The van der Waals surface area contributed by atoms with Crippen LogP contribution in [0.15, 0.2) is 18.6 Å². The van der Waals surface area contributed by atoms with Gasteiger partial charge in [-0.2, -0.15) is 5.10 Å². The molecule has 2 fully saturated rings. The molecule has 1 unspecified atom stereocenters. The van der Waals surface area contributed by atoms with Crippen LogP contribution < -0.4 is 5.32 Å². The SMILES string of the molecule is O=C(c1cn[nH]c1C1CCNC1)N1CCC(c2ncc(Cl)cn2)CC1. The molecule has 4 heterocycles. The minimum absolute atomic E-state index is 0.0751. The molecule has 1 atom stereocenters. The van der Waals surface area contributed by atoms with Crippen LogP contribution in [-0.2, 0) is 0 Å². The van der Waals surface area contributed by atoms with Crippen LogP contribution in [0.25, 0.3) is 0 Å². The molecule has 0 saturated carbocycles. The number of likely N-dealkylation sites (tertiary alicyclic amines) is 1. The zero-order chi connectivity index (χ0) is 17.2. The van der Waals surface area contributed by atoms with E-state index in [2.05, 4.69) is 25.5 Å². The van der Waals surface area contributed by atoms with Gasteiger partial charge in [-0.15, -0.1) is 0 Å². The second-order valence-electron chi connectivity index (χ2n) is 6.71. The Morgan fingerprint density at radius 1 is 1.12 bits per heavy atom. The van der Waals surface area contributed by atoms with Crippen LogP contribution in [-0.4, -0.2) is 57.2 Å². The normalized spacial score (nSPS) is 21.6. The van der Waals surface area contributed by atoms with E-state index in [1.807, 2.05) is 4.90 Å². The fourth-order valence-electron chi connectivity index (χ4n) is 3.72. The van der Waals surface area contributed by atoms with E-state index >= 15 is 0 Å². The molecule has 8 heteroatoms. The van der Waals surface area contributed by atoms with Crippen molar-refractivity contribution in [1.29, 1.82) is 0 Å². The van der Waals surface area contributed by atoms with Crippen molar-refractivity contribution < 1.29 is 4.79 Å². The van der Waals surface area contributed by atoms with Crippen molar-refractivity contribution in [1.82, 2.24) is 30.4 Å². The summed E-state index contributed by atoms with van der Waals surface area (Å²) >= 11 is 5.85. The Kier molecular flexibility index (Phi) is 4.67. The van der Waals surface area contributed by atoms with Crippen molar-refractivity contribution in [3.63, 3.8) is 0 Å². The molecule has 2 aliphatic heterocycles. The average molecular weight is 361 g/mol. The van der Waals surface area contributed by atoms with Gasteiger partial charge in [0.15, 0.2) is 0 Å². The van der Waals surface area contributed by atoms with Crippen LogP contribution in [0.5, 0.6) is 0 Å². The molecule has 2 saturated heterocycles. The molecule has 2 aromatic rings. The lowest BCUT2D eigenvalue weighted by Crippen LogP contribution is -2.38. The number of aromatic nitrogens is 4. The largest absolute Gasteiger partial charge is 0.338 e. The van der Waals surface area contributed by atoms with Gasteiger partial charge in [0.2, 0.25) is 0 Å². The van der Waals surface area contributed by atoms with E-state index in [4.69, 9.17) is 11.6 Å². The monoisotopic (exact) mass is 360 g/mol. The van der Waals surface area contributed by atoms with Gasteiger partial charge in [0.25, 0.3) is 5.91 Å². The van der Waals surface area contributed by atoms with E-state index in [0.29, 0.717) is 24.0 Å². The summed E-state index contributed by atoms with van der Waals surface area (Å²) in [6.45, 7) is 3.31. The van der Waals surface area contributed by atoms with Crippen molar-refractivity contribution in [3.05, 3.63) is 40.7 Å². The minimum Gasteiger partial charge on any atom is -0.338 e. The summed E-state index contributed by atoms with van der Waals surface area (Å²) in [4.78, 5) is 23.5. The predicted octanol–water partition coefficient (Wildman–Crippen LogP) is 1.95. The van der Waals surface area contributed by atoms with Gasteiger partial charge in [-0.05, 0) is 25.8 Å². The molecular formula is C17H21ClN6O. The number of nitrogens with one attached hydrogen (secondary N) is 2. The molecule has 0 aliphatic carbocycles. The van der Waals surface area contributed by atoms with Crippen LogP contribution in [0.4, 0.5) is 0 Å².